The van der Waals surface area contributed by atoms with Crippen molar-refractivity contribution in [3.05, 3.63) is 17.5 Å². The number of nitrogens with zero attached hydrogens (tertiary/aromatic N) is 4. The van der Waals surface area contributed by atoms with E-state index in [9.17, 15) is 9.59 Å². The Morgan fingerprint density at radius 1 is 1.25 bits per heavy atom. The van der Waals surface area contributed by atoms with Crippen molar-refractivity contribution >= 4 is 11.9 Å². The van der Waals surface area contributed by atoms with E-state index in [1.807, 2.05) is 17.9 Å². The molecule has 2 saturated heterocycles. The van der Waals surface area contributed by atoms with Crippen molar-refractivity contribution in [3.8, 4) is 0 Å². The molecule has 3 heterocycles. The van der Waals surface area contributed by atoms with Gasteiger partial charge in [0.05, 0.1) is 18.2 Å². The van der Waals surface area contributed by atoms with Gasteiger partial charge in [-0.3, -0.25) is 9.69 Å². The highest BCUT2D eigenvalue weighted by atomic mass is 16.5. The summed E-state index contributed by atoms with van der Waals surface area (Å²) in [6.45, 7) is 6.79. The number of aryl methyl sites for hydroxylation is 1. The number of carbonyl (C=O) groups excluding carboxylic acids is 2. The van der Waals surface area contributed by atoms with Crippen LogP contribution in [-0.4, -0.2) is 71.1 Å². The number of aromatic nitrogens is 1. The van der Waals surface area contributed by atoms with Crippen LogP contribution in [0.2, 0.25) is 0 Å². The molecule has 0 aromatic carbocycles. The molecule has 8 nitrogen and oxygen atoms in total. The van der Waals surface area contributed by atoms with Crippen LogP contribution >= 0.6 is 0 Å². The number of piperidine rings is 1. The van der Waals surface area contributed by atoms with Crippen LogP contribution in [0.5, 0.6) is 0 Å². The van der Waals surface area contributed by atoms with Crippen LogP contribution < -0.4 is 5.73 Å². The third-order valence-electron chi connectivity index (χ3n) is 4.82. The number of urea groups is 1. The molecule has 2 aliphatic heterocycles. The first-order valence-corrected chi connectivity index (χ1v) is 8.50. The summed E-state index contributed by atoms with van der Waals surface area (Å²) >= 11 is 0. The molecule has 24 heavy (non-hydrogen) atoms. The molecule has 2 fully saturated rings. The number of hydrogen-bond donors (Lipinski definition) is 1. The number of likely N-dealkylation sites (tertiary alicyclic amines) is 1. The van der Waals surface area contributed by atoms with Gasteiger partial charge < -0.3 is 20.1 Å². The van der Waals surface area contributed by atoms with E-state index in [1.54, 1.807) is 4.90 Å². The van der Waals surface area contributed by atoms with E-state index >= 15 is 0 Å². The van der Waals surface area contributed by atoms with Crippen molar-refractivity contribution in [2.75, 3.05) is 39.3 Å². The highest BCUT2D eigenvalue weighted by Gasteiger charge is 2.32. The van der Waals surface area contributed by atoms with Crippen molar-refractivity contribution in [3.63, 3.8) is 0 Å². The second kappa shape index (κ2) is 7.21. The predicted molar refractivity (Wildman–Crippen MR) is 87.0 cm³/mol. The second-order valence-electron chi connectivity index (χ2n) is 6.66. The summed E-state index contributed by atoms with van der Waals surface area (Å²) < 4.78 is 5.25. The van der Waals surface area contributed by atoms with Gasteiger partial charge in [0.1, 0.15) is 0 Å². The molecule has 3 amide bonds. The number of amides is 3. The van der Waals surface area contributed by atoms with Gasteiger partial charge in [-0.1, -0.05) is 5.16 Å². The average Bonchev–Trinajstić information content (AvgIpc) is 3.00. The van der Waals surface area contributed by atoms with E-state index in [-0.39, 0.29) is 11.8 Å². The summed E-state index contributed by atoms with van der Waals surface area (Å²) in [4.78, 5) is 29.8. The minimum absolute atomic E-state index is 0.116. The Morgan fingerprint density at radius 2 is 2.00 bits per heavy atom. The lowest BCUT2D eigenvalue weighted by atomic mass is 9.96. The van der Waals surface area contributed by atoms with Crippen molar-refractivity contribution in [1.82, 2.24) is 19.9 Å². The van der Waals surface area contributed by atoms with E-state index in [1.165, 1.54) is 0 Å². The van der Waals surface area contributed by atoms with Crippen LogP contribution in [-0.2, 0) is 11.3 Å². The normalized spacial score (nSPS) is 22.6. The monoisotopic (exact) mass is 335 g/mol. The highest BCUT2D eigenvalue weighted by molar-refractivity contribution is 5.80. The maximum Gasteiger partial charge on any atom is 0.314 e. The first kappa shape index (κ1) is 16.8. The number of nitrogens with two attached hydrogens (primary N) is 1. The molecule has 2 aliphatic rings. The van der Waals surface area contributed by atoms with Gasteiger partial charge in [-0.25, -0.2) is 4.79 Å². The fourth-order valence-corrected chi connectivity index (χ4v) is 3.47. The van der Waals surface area contributed by atoms with Crippen molar-refractivity contribution in [1.29, 1.82) is 0 Å². The van der Waals surface area contributed by atoms with Crippen LogP contribution in [0, 0.1) is 12.8 Å². The first-order chi connectivity index (χ1) is 11.5. The molecule has 132 valence electrons. The Balaban J connectivity index is 1.49. The van der Waals surface area contributed by atoms with Crippen molar-refractivity contribution in [2.24, 2.45) is 11.7 Å². The summed E-state index contributed by atoms with van der Waals surface area (Å²) in [6.07, 6.45) is 1.67. The molecule has 0 saturated carbocycles. The van der Waals surface area contributed by atoms with Crippen LogP contribution in [0.3, 0.4) is 0 Å². The molecule has 0 aliphatic carbocycles. The van der Waals surface area contributed by atoms with E-state index in [0.717, 1.165) is 43.9 Å². The standard InChI is InChI=1S/C16H25N5O3/c1-12-9-14(24-18-12)11-19-5-7-20(8-6-19)15(22)13-3-2-4-21(10-13)16(17)23/h9,13H,2-8,10-11H2,1H3,(H2,17,23). The van der Waals surface area contributed by atoms with Crippen molar-refractivity contribution < 1.29 is 14.1 Å². The summed E-state index contributed by atoms with van der Waals surface area (Å²) in [5.41, 5.74) is 6.23. The molecule has 8 heteroatoms. The van der Waals surface area contributed by atoms with Crippen LogP contribution in [0.4, 0.5) is 4.79 Å². The molecule has 1 aromatic heterocycles. The Kier molecular flexibility index (Phi) is 5.03. The van der Waals surface area contributed by atoms with Crippen LogP contribution in [0.1, 0.15) is 24.3 Å². The third-order valence-corrected chi connectivity index (χ3v) is 4.82. The molecular formula is C16H25N5O3. The van der Waals surface area contributed by atoms with E-state index < -0.39 is 6.03 Å². The minimum atomic E-state index is -0.431. The average molecular weight is 335 g/mol. The Labute approximate surface area is 141 Å². The molecule has 1 aromatic rings. The number of hydrogen-bond acceptors (Lipinski definition) is 5. The number of piperazine rings is 1. The maximum atomic E-state index is 12.7. The molecule has 3 rings (SSSR count). The summed E-state index contributed by atoms with van der Waals surface area (Å²) in [5, 5.41) is 3.90. The van der Waals surface area contributed by atoms with Gasteiger partial charge >= 0.3 is 6.03 Å². The minimum Gasteiger partial charge on any atom is -0.360 e. The molecule has 0 spiro atoms. The lowest BCUT2D eigenvalue weighted by Gasteiger charge is -2.38. The van der Waals surface area contributed by atoms with Gasteiger partial charge in [-0.05, 0) is 19.8 Å². The largest absolute Gasteiger partial charge is 0.360 e. The van der Waals surface area contributed by atoms with Gasteiger partial charge in [0.15, 0.2) is 5.76 Å². The molecule has 1 unspecified atom stereocenters. The summed E-state index contributed by atoms with van der Waals surface area (Å²) in [5.74, 6) is 0.891. The molecule has 1 atom stereocenters. The third kappa shape index (κ3) is 3.87. The van der Waals surface area contributed by atoms with E-state index in [4.69, 9.17) is 10.3 Å². The highest BCUT2D eigenvalue weighted by Crippen LogP contribution is 2.20. The lowest BCUT2D eigenvalue weighted by Crippen LogP contribution is -2.53. The number of primary amides is 1. The Bertz CT molecular complexity index is 594. The zero-order valence-corrected chi connectivity index (χ0v) is 14.1. The van der Waals surface area contributed by atoms with Gasteiger partial charge in [0, 0.05) is 45.3 Å². The lowest BCUT2D eigenvalue weighted by molar-refractivity contribution is -0.138. The summed E-state index contributed by atoms with van der Waals surface area (Å²) in [6, 6.07) is 1.51. The Morgan fingerprint density at radius 3 is 2.62 bits per heavy atom. The smallest absolute Gasteiger partial charge is 0.314 e. The first-order valence-electron chi connectivity index (χ1n) is 8.50. The fourth-order valence-electron chi connectivity index (χ4n) is 3.47. The zero-order chi connectivity index (χ0) is 17.1. The predicted octanol–water partition coefficient (Wildman–Crippen LogP) is 0.418. The zero-order valence-electron chi connectivity index (χ0n) is 14.1. The topological polar surface area (TPSA) is 95.9 Å². The van der Waals surface area contributed by atoms with E-state index in [2.05, 4.69) is 10.1 Å². The Hall–Kier alpha value is -2.09. The summed E-state index contributed by atoms with van der Waals surface area (Å²) in [7, 11) is 0. The van der Waals surface area contributed by atoms with Gasteiger partial charge in [-0.15, -0.1) is 0 Å². The number of carbonyl (C=O) groups is 2. The van der Waals surface area contributed by atoms with E-state index in [0.29, 0.717) is 26.2 Å². The van der Waals surface area contributed by atoms with Crippen LogP contribution in [0.15, 0.2) is 10.6 Å². The molecule has 0 bridgehead atoms. The van der Waals surface area contributed by atoms with Crippen LogP contribution in [0.25, 0.3) is 0 Å². The quantitative estimate of drug-likeness (QED) is 0.863. The fraction of sp³-hybridized carbons (Fsp3) is 0.688. The molecule has 2 N–H and O–H groups in total. The number of rotatable bonds is 3. The SMILES string of the molecule is Cc1cc(CN2CCN(C(=O)C3CCCN(C(N)=O)C3)CC2)on1. The van der Waals surface area contributed by atoms with Gasteiger partial charge in [-0.2, -0.15) is 0 Å². The van der Waals surface area contributed by atoms with Gasteiger partial charge in [0.25, 0.3) is 0 Å². The maximum absolute atomic E-state index is 12.7. The van der Waals surface area contributed by atoms with Crippen molar-refractivity contribution in [2.45, 2.75) is 26.3 Å². The van der Waals surface area contributed by atoms with Gasteiger partial charge in [0.2, 0.25) is 5.91 Å². The molecular weight excluding hydrogens is 310 g/mol. The molecule has 0 radical (unpaired) electrons. The second-order valence-corrected chi connectivity index (χ2v) is 6.66.